The van der Waals surface area contributed by atoms with Crippen molar-refractivity contribution in [2.45, 2.75) is 27.2 Å². The van der Waals surface area contributed by atoms with E-state index in [0.29, 0.717) is 22.7 Å². The van der Waals surface area contributed by atoms with Gasteiger partial charge in [0.25, 0.3) is 11.5 Å². The Labute approximate surface area is 235 Å². The zero-order valence-electron chi connectivity index (χ0n) is 21.9. The van der Waals surface area contributed by atoms with Gasteiger partial charge in [-0.25, -0.2) is 4.79 Å². The smallest absolute Gasteiger partial charge is 0.332 e. The number of ether oxygens (including phenoxy) is 3. The van der Waals surface area contributed by atoms with Crippen molar-refractivity contribution in [3.63, 3.8) is 0 Å². The number of aryl methyl sites for hydroxylation is 2. The zero-order valence-corrected chi connectivity index (χ0v) is 22.8. The average molecular weight is 563 g/mol. The maximum Gasteiger partial charge on any atom is 0.332 e. The third-order valence-corrected chi connectivity index (χ3v) is 7.45. The van der Waals surface area contributed by atoms with Gasteiger partial charge in [0.2, 0.25) is 0 Å². The van der Waals surface area contributed by atoms with Gasteiger partial charge in [-0.1, -0.05) is 31.2 Å². The van der Waals surface area contributed by atoms with E-state index in [-0.39, 0.29) is 33.6 Å². The van der Waals surface area contributed by atoms with Crippen molar-refractivity contribution in [1.82, 2.24) is 4.57 Å². The molecule has 3 aromatic rings. The molecule has 1 unspecified atom stereocenters. The van der Waals surface area contributed by atoms with Gasteiger partial charge in [-0.05, 0) is 31.5 Å². The van der Waals surface area contributed by atoms with Crippen LogP contribution in [0.5, 0.6) is 11.5 Å². The second-order valence-corrected chi connectivity index (χ2v) is 9.75. The summed E-state index contributed by atoms with van der Waals surface area (Å²) in [6.07, 6.45) is 1.03. The second-order valence-electron chi connectivity index (χ2n) is 8.72. The lowest BCUT2D eigenvalue weighted by Crippen LogP contribution is -2.41. The van der Waals surface area contributed by atoms with Crippen molar-refractivity contribution in [2.24, 2.45) is 5.73 Å². The molecule has 1 aromatic heterocycles. The van der Waals surface area contributed by atoms with Crippen molar-refractivity contribution in [1.29, 1.82) is 5.26 Å². The Morgan fingerprint density at radius 1 is 1.12 bits per heavy atom. The van der Waals surface area contributed by atoms with E-state index < -0.39 is 23.4 Å². The van der Waals surface area contributed by atoms with Crippen LogP contribution in [0.3, 0.4) is 0 Å². The number of esters is 1. The molecule has 40 heavy (non-hydrogen) atoms. The number of nitrogens with zero attached hydrogens (tertiary/aromatic N) is 2. The maximum atomic E-state index is 14.0. The van der Waals surface area contributed by atoms with Crippen LogP contribution in [0, 0.1) is 25.2 Å². The van der Waals surface area contributed by atoms with Gasteiger partial charge in [0, 0.05) is 23.4 Å². The third-order valence-electron chi connectivity index (χ3n) is 6.35. The fourth-order valence-electron chi connectivity index (χ4n) is 4.44. The molecule has 0 saturated carbocycles. The Kier molecular flexibility index (Phi) is 8.86. The molecule has 208 valence electrons. The highest BCUT2D eigenvalue weighted by Gasteiger charge is 2.37. The summed E-state index contributed by atoms with van der Waals surface area (Å²) >= 11 is 0.902. The minimum Gasteiger partial charge on any atom is -0.497 e. The molecule has 0 bridgehead atoms. The van der Waals surface area contributed by atoms with E-state index in [2.05, 4.69) is 16.1 Å². The van der Waals surface area contributed by atoms with Crippen LogP contribution in [0.15, 0.2) is 46.8 Å². The molecule has 0 saturated heterocycles. The Morgan fingerprint density at radius 3 is 2.45 bits per heavy atom. The van der Waals surface area contributed by atoms with Gasteiger partial charge in [-0.2, -0.15) is 5.26 Å². The maximum absolute atomic E-state index is 14.0. The molecule has 2 heterocycles. The molecular weight excluding hydrogens is 532 g/mol. The van der Waals surface area contributed by atoms with Gasteiger partial charge in [0.1, 0.15) is 26.5 Å². The first-order valence-corrected chi connectivity index (χ1v) is 12.5. The standard InChI is InChI=1S/C28H26N4O6S.CH4/c1-14-6-9-19(15(2)10-14)31-26(34)24-23(17-8-7-16(36-3)11-20(17)37-4)18(13-29)25(30)32-27(35)21(39-28(24)32)12-22(33)38-5;/h6-12,23H,30H2,1-5H3,(H,31,34);1H4/b21-12-;. The van der Waals surface area contributed by atoms with Crippen molar-refractivity contribution < 1.29 is 23.8 Å². The van der Waals surface area contributed by atoms with E-state index in [1.54, 1.807) is 24.3 Å². The van der Waals surface area contributed by atoms with Crippen molar-refractivity contribution >= 4 is 46.4 Å². The number of carbonyl (C=O) groups excluding carboxylic acids is 2. The molecule has 0 aliphatic carbocycles. The minimum absolute atomic E-state index is 0. The number of fused-ring (bicyclic) bond motifs is 1. The van der Waals surface area contributed by atoms with Gasteiger partial charge in [-0.15, -0.1) is 11.3 Å². The monoisotopic (exact) mass is 562 g/mol. The Bertz CT molecular complexity index is 1760. The number of hydrogen-bond donors (Lipinski definition) is 2. The molecular formula is C29H30N4O6S. The lowest BCUT2D eigenvalue weighted by atomic mass is 9.82. The number of aromatic nitrogens is 1. The molecule has 1 aliphatic rings. The minimum atomic E-state index is -0.995. The average Bonchev–Trinajstić information content (AvgIpc) is 3.24. The molecule has 10 nitrogen and oxygen atoms in total. The number of amides is 1. The number of anilines is 1. The van der Waals surface area contributed by atoms with E-state index in [1.807, 2.05) is 26.0 Å². The van der Waals surface area contributed by atoms with Gasteiger partial charge >= 0.3 is 5.97 Å². The quantitative estimate of drug-likeness (QED) is 0.436. The van der Waals surface area contributed by atoms with Crippen LogP contribution in [-0.4, -0.2) is 37.8 Å². The Hall–Kier alpha value is -4.82. The second kappa shape index (κ2) is 11.9. The number of hydrogen-bond acceptors (Lipinski definition) is 9. The SMILES string of the molecule is C.COC(=O)/C=c1\sc2n(c1=O)C(N)=C(C#N)C(c1ccc(OC)cc1OC)C=2C(=O)Nc1ccc(C)cc1C. The first-order chi connectivity index (χ1) is 18.6. The number of methoxy groups -OCH3 is 3. The van der Waals surface area contributed by atoms with E-state index in [9.17, 15) is 19.6 Å². The molecule has 4 rings (SSSR count). The van der Waals surface area contributed by atoms with E-state index in [1.165, 1.54) is 21.3 Å². The van der Waals surface area contributed by atoms with Crippen molar-refractivity contribution in [3.8, 4) is 17.6 Å². The van der Waals surface area contributed by atoms with Crippen molar-refractivity contribution in [2.75, 3.05) is 26.6 Å². The molecule has 0 fully saturated rings. The number of thiazole rings is 1. The van der Waals surface area contributed by atoms with Crippen LogP contribution in [-0.2, 0) is 14.3 Å². The number of nitriles is 1. The third kappa shape index (κ3) is 5.21. The molecule has 3 N–H and O–H groups in total. The van der Waals surface area contributed by atoms with Gasteiger partial charge in [-0.3, -0.25) is 14.2 Å². The highest BCUT2D eigenvalue weighted by molar-refractivity contribution is 7.07. The highest BCUT2D eigenvalue weighted by atomic mass is 32.1. The largest absolute Gasteiger partial charge is 0.497 e. The van der Waals surface area contributed by atoms with Crippen LogP contribution < -0.4 is 35.3 Å². The molecule has 0 radical (unpaired) electrons. The van der Waals surface area contributed by atoms with Crippen LogP contribution in [0.25, 0.3) is 17.5 Å². The van der Waals surface area contributed by atoms with E-state index in [4.69, 9.17) is 15.2 Å². The lowest BCUT2D eigenvalue weighted by Gasteiger charge is -2.27. The van der Waals surface area contributed by atoms with Crippen molar-refractivity contribution in [3.05, 3.63) is 78.2 Å². The predicted molar refractivity (Wildman–Crippen MR) is 154 cm³/mol. The van der Waals surface area contributed by atoms with Gasteiger partial charge in [0.15, 0.2) is 0 Å². The van der Waals surface area contributed by atoms with Crippen LogP contribution in [0.1, 0.15) is 30.0 Å². The number of rotatable bonds is 6. The Balaban J connectivity index is 0.00000441. The van der Waals surface area contributed by atoms with Crippen LogP contribution >= 0.6 is 11.3 Å². The molecule has 1 atom stereocenters. The first-order valence-electron chi connectivity index (χ1n) is 11.7. The molecule has 2 aromatic carbocycles. The summed E-state index contributed by atoms with van der Waals surface area (Å²) in [6, 6.07) is 12.6. The van der Waals surface area contributed by atoms with E-state index in [0.717, 1.165) is 33.1 Å². The number of benzene rings is 2. The number of nitrogens with two attached hydrogens (primary N) is 1. The van der Waals surface area contributed by atoms with Crippen LogP contribution in [0.4, 0.5) is 5.69 Å². The summed E-state index contributed by atoms with van der Waals surface area (Å²) in [5, 5.41) is 13.2. The molecule has 1 amide bonds. The Morgan fingerprint density at radius 2 is 1.85 bits per heavy atom. The summed E-state index contributed by atoms with van der Waals surface area (Å²) in [5.41, 5.74) is 8.69. The molecule has 0 spiro atoms. The van der Waals surface area contributed by atoms with Gasteiger partial charge < -0.3 is 25.3 Å². The zero-order chi connectivity index (χ0) is 28.4. The number of allylic oxidation sites excluding steroid dienone is 1. The topological polar surface area (TPSA) is 146 Å². The first kappa shape index (κ1) is 29.7. The number of carbonyl (C=O) groups is 2. The van der Waals surface area contributed by atoms with Gasteiger partial charge in [0.05, 0.1) is 44.5 Å². The highest BCUT2D eigenvalue weighted by Crippen LogP contribution is 2.42. The summed E-state index contributed by atoms with van der Waals surface area (Å²) < 4.78 is 16.9. The van der Waals surface area contributed by atoms with Crippen LogP contribution in [0.2, 0.25) is 0 Å². The predicted octanol–water partition coefficient (Wildman–Crippen LogP) is 2.37. The summed E-state index contributed by atoms with van der Waals surface area (Å²) in [6.45, 7) is 3.80. The summed E-state index contributed by atoms with van der Waals surface area (Å²) in [4.78, 5) is 39.3. The summed E-state index contributed by atoms with van der Waals surface area (Å²) in [7, 11) is 4.15. The molecule has 11 heteroatoms. The van der Waals surface area contributed by atoms with E-state index >= 15 is 0 Å². The fourth-order valence-corrected chi connectivity index (χ4v) is 5.58. The molecule has 1 aliphatic heterocycles. The normalized spacial score (nSPS) is 14.6. The fraction of sp³-hybridized carbons (Fsp3) is 0.241. The lowest BCUT2D eigenvalue weighted by molar-refractivity contribution is -0.133. The summed E-state index contributed by atoms with van der Waals surface area (Å²) in [5.74, 6) is -1.58. The number of nitrogens with one attached hydrogen (secondary N) is 1.